The maximum Gasteiger partial charge on any atom is 0.353 e. The van der Waals surface area contributed by atoms with Crippen LogP contribution in [0.1, 0.15) is 6.92 Å². The maximum absolute atomic E-state index is 11.5. The molecule has 20 heavy (non-hydrogen) atoms. The van der Waals surface area contributed by atoms with Crippen molar-refractivity contribution in [2.45, 2.75) is 19.3 Å². The first-order valence-corrected chi connectivity index (χ1v) is 7.34. The number of aromatic amines is 1. The number of ether oxygens (including phenoxy) is 1. The van der Waals surface area contributed by atoms with E-state index in [0.29, 0.717) is 5.65 Å². The van der Waals surface area contributed by atoms with Crippen LogP contribution in [0.4, 0.5) is 5.95 Å². The molecule has 0 fully saturated rings. The molecule has 2 aromatic heterocycles. The van der Waals surface area contributed by atoms with Crippen molar-refractivity contribution < 1.29 is 19.1 Å². The molecular weight excluding hydrogens is 289 g/mol. The van der Waals surface area contributed by atoms with Gasteiger partial charge in [-0.15, -0.1) is 0 Å². The van der Waals surface area contributed by atoms with Crippen molar-refractivity contribution in [1.29, 1.82) is 0 Å². The number of nitrogen functional groups attached to an aromatic ring is 1. The molecular formula is C9H14N5O5P. The Morgan fingerprint density at radius 1 is 1.60 bits per heavy atom. The van der Waals surface area contributed by atoms with Crippen molar-refractivity contribution >= 4 is 24.7 Å². The summed E-state index contributed by atoms with van der Waals surface area (Å²) in [6.45, 7) is 1.55. The van der Waals surface area contributed by atoms with Crippen molar-refractivity contribution in [3.05, 3.63) is 16.7 Å². The lowest BCUT2D eigenvalue weighted by Gasteiger charge is -2.14. The quantitative estimate of drug-likeness (QED) is 0.525. The molecule has 0 saturated heterocycles. The normalized spacial score (nSPS) is 13.8. The number of nitrogens with two attached hydrogens (primary N) is 1. The largest absolute Gasteiger partial charge is 0.369 e. The van der Waals surface area contributed by atoms with Crippen molar-refractivity contribution in [1.82, 2.24) is 19.5 Å². The predicted octanol–water partition coefficient (Wildman–Crippen LogP) is -0.758. The molecule has 0 radical (unpaired) electrons. The van der Waals surface area contributed by atoms with Crippen LogP contribution in [0.5, 0.6) is 0 Å². The minimum atomic E-state index is -4.26. The first-order valence-electron chi connectivity index (χ1n) is 5.66. The SMILES string of the molecule is C[C@@H](OCCn1cnc2c(=O)[nH]c(N)nc21)P(=O)(O)O. The van der Waals surface area contributed by atoms with E-state index in [2.05, 4.69) is 15.0 Å². The van der Waals surface area contributed by atoms with Crippen molar-refractivity contribution in [2.24, 2.45) is 0 Å². The zero-order valence-corrected chi connectivity index (χ0v) is 11.4. The molecule has 11 heteroatoms. The molecule has 10 nitrogen and oxygen atoms in total. The molecule has 5 N–H and O–H groups in total. The second-order valence-electron chi connectivity index (χ2n) is 4.12. The third-order valence-electron chi connectivity index (χ3n) is 2.66. The first kappa shape index (κ1) is 14.7. The molecule has 0 spiro atoms. The Bertz CT molecular complexity index is 719. The zero-order valence-electron chi connectivity index (χ0n) is 10.6. The molecule has 0 bridgehead atoms. The summed E-state index contributed by atoms with van der Waals surface area (Å²) in [6, 6.07) is 0. The number of nitrogens with one attached hydrogen (secondary N) is 1. The van der Waals surface area contributed by atoms with Gasteiger partial charge in [0.25, 0.3) is 5.56 Å². The van der Waals surface area contributed by atoms with Crippen LogP contribution in [-0.4, -0.2) is 41.8 Å². The molecule has 2 heterocycles. The molecule has 0 aliphatic heterocycles. The molecule has 0 aliphatic rings. The maximum atomic E-state index is 11.5. The molecule has 0 unspecified atom stereocenters. The van der Waals surface area contributed by atoms with Crippen molar-refractivity contribution in [2.75, 3.05) is 12.3 Å². The number of fused-ring (bicyclic) bond motifs is 1. The number of aromatic nitrogens is 4. The van der Waals surface area contributed by atoms with E-state index in [-0.39, 0.29) is 24.6 Å². The monoisotopic (exact) mass is 303 g/mol. The van der Waals surface area contributed by atoms with Gasteiger partial charge in [-0.05, 0) is 6.92 Å². The lowest BCUT2D eigenvalue weighted by Crippen LogP contribution is -2.15. The Hall–Kier alpha value is -1.74. The minimum Gasteiger partial charge on any atom is -0.369 e. The fraction of sp³-hybridized carbons (Fsp3) is 0.444. The summed E-state index contributed by atoms with van der Waals surface area (Å²) in [5, 5.41) is 0. The number of rotatable bonds is 5. The number of hydrogen-bond donors (Lipinski definition) is 4. The highest BCUT2D eigenvalue weighted by molar-refractivity contribution is 7.52. The lowest BCUT2D eigenvalue weighted by atomic mass is 10.5. The Labute approximate surface area is 112 Å². The van der Waals surface area contributed by atoms with Gasteiger partial charge in [-0.1, -0.05) is 0 Å². The van der Waals surface area contributed by atoms with Gasteiger partial charge in [-0.3, -0.25) is 14.3 Å². The second-order valence-corrected chi connectivity index (χ2v) is 6.03. The topological polar surface area (TPSA) is 156 Å². The van der Waals surface area contributed by atoms with E-state index in [4.69, 9.17) is 20.3 Å². The van der Waals surface area contributed by atoms with Crippen LogP contribution in [0.2, 0.25) is 0 Å². The molecule has 0 saturated carbocycles. The number of nitrogens with zero attached hydrogens (tertiary/aromatic N) is 3. The van der Waals surface area contributed by atoms with Gasteiger partial charge in [0.15, 0.2) is 17.0 Å². The highest BCUT2D eigenvalue weighted by Crippen LogP contribution is 2.41. The first-order chi connectivity index (χ1) is 9.29. The van der Waals surface area contributed by atoms with Crippen LogP contribution in [-0.2, 0) is 15.8 Å². The molecule has 110 valence electrons. The van der Waals surface area contributed by atoms with Gasteiger partial charge >= 0.3 is 7.60 Å². The van der Waals surface area contributed by atoms with E-state index < -0.39 is 19.0 Å². The smallest absolute Gasteiger partial charge is 0.353 e. The summed E-state index contributed by atoms with van der Waals surface area (Å²) < 4.78 is 17.5. The van der Waals surface area contributed by atoms with Crippen LogP contribution in [0.25, 0.3) is 11.2 Å². The van der Waals surface area contributed by atoms with E-state index in [1.54, 1.807) is 0 Å². The van der Waals surface area contributed by atoms with Crippen molar-refractivity contribution in [3.8, 4) is 0 Å². The molecule has 0 aromatic carbocycles. The number of hydrogen-bond acceptors (Lipinski definition) is 6. The Balaban J connectivity index is 2.12. The Kier molecular flexibility index (Phi) is 3.91. The van der Waals surface area contributed by atoms with Crippen LogP contribution in [0.3, 0.4) is 0 Å². The number of H-pyrrole nitrogens is 1. The summed E-state index contributed by atoms with van der Waals surface area (Å²) >= 11 is 0. The Morgan fingerprint density at radius 3 is 2.95 bits per heavy atom. The number of anilines is 1. The highest BCUT2D eigenvalue weighted by Gasteiger charge is 2.24. The van der Waals surface area contributed by atoms with Crippen LogP contribution in [0, 0.1) is 0 Å². The summed E-state index contributed by atoms with van der Waals surface area (Å²) in [6.07, 6.45) is 1.39. The fourth-order valence-corrected chi connectivity index (χ4v) is 1.85. The third kappa shape index (κ3) is 3.05. The van der Waals surface area contributed by atoms with Gasteiger partial charge in [-0.25, -0.2) is 4.98 Å². The summed E-state index contributed by atoms with van der Waals surface area (Å²) in [5.41, 5.74) is 5.43. The van der Waals surface area contributed by atoms with Crippen LogP contribution >= 0.6 is 7.60 Å². The molecule has 1 atom stereocenters. The van der Waals surface area contributed by atoms with Gasteiger partial charge in [0.05, 0.1) is 12.9 Å². The van der Waals surface area contributed by atoms with E-state index in [1.165, 1.54) is 17.8 Å². The van der Waals surface area contributed by atoms with E-state index >= 15 is 0 Å². The Morgan fingerprint density at radius 2 is 2.30 bits per heavy atom. The van der Waals surface area contributed by atoms with E-state index in [1.807, 2.05) is 0 Å². The van der Waals surface area contributed by atoms with E-state index in [0.717, 1.165) is 0 Å². The van der Waals surface area contributed by atoms with Gasteiger partial charge in [0, 0.05) is 6.54 Å². The summed E-state index contributed by atoms with van der Waals surface area (Å²) in [4.78, 5) is 39.5. The molecule has 0 aliphatic carbocycles. The average molecular weight is 303 g/mol. The minimum absolute atomic E-state index is 0.0336. The molecule has 2 rings (SSSR count). The highest BCUT2D eigenvalue weighted by atomic mass is 31.2. The van der Waals surface area contributed by atoms with Crippen molar-refractivity contribution in [3.63, 3.8) is 0 Å². The standard InChI is InChI=1S/C9H14N5O5P/c1-5(20(16,17)18)19-3-2-14-4-11-6-7(14)12-9(10)13-8(6)15/h4-5H,2-3H2,1H3,(H2,16,17,18)(H3,10,12,13,15)/t5-/m0/s1. The second kappa shape index (κ2) is 5.33. The van der Waals surface area contributed by atoms with Gasteiger partial charge < -0.3 is 24.8 Å². The number of imidazole rings is 1. The zero-order chi connectivity index (χ0) is 14.9. The third-order valence-corrected chi connectivity index (χ3v) is 3.75. The summed E-state index contributed by atoms with van der Waals surface area (Å²) in [5.74, 6) is -1.23. The predicted molar refractivity (Wildman–Crippen MR) is 70.0 cm³/mol. The molecule has 2 aromatic rings. The van der Waals surface area contributed by atoms with Gasteiger partial charge in [-0.2, -0.15) is 4.98 Å². The lowest BCUT2D eigenvalue weighted by molar-refractivity contribution is 0.0911. The summed E-state index contributed by atoms with van der Waals surface area (Å²) in [7, 11) is -4.26. The van der Waals surface area contributed by atoms with Crippen LogP contribution < -0.4 is 11.3 Å². The molecule has 0 amide bonds. The van der Waals surface area contributed by atoms with Gasteiger partial charge in [0.1, 0.15) is 0 Å². The fourth-order valence-electron chi connectivity index (χ4n) is 1.55. The van der Waals surface area contributed by atoms with E-state index in [9.17, 15) is 9.36 Å². The van der Waals surface area contributed by atoms with Gasteiger partial charge in [0.2, 0.25) is 5.95 Å². The average Bonchev–Trinajstić information content (AvgIpc) is 2.71. The van der Waals surface area contributed by atoms with Crippen LogP contribution in [0.15, 0.2) is 11.1 Å².